The van der Waals surface area contributed by atoms with Crippen molar-refractivity contribution in [3.63, 3.8) is 0 Å². The Hall–Kier alpha value is -2.34. The lowest BCUT2D eigenvalue weighted by molar-refractivity contribution is 0.195. The van der Waals surface area contributed by atoms with E-state index in [9.17, 15) is 0 Å². The summed E-state index contributed by atoms with van der Waals surface area (Å²) in [4.78, 5) is 10.6. The van der Waals surface area contributed by atoms with Crippen LogP contribution < -0.4 is 4.74 Å². The molecular formula is C19H25N5O. The minimum atomic E-state index is 0.420. The molecule has 1 aliphatic heterocycles. The van der Waals surface area contributed by atoms with E-state index >= 15 is 0 Å². The van der Waals surface area contributed by atoms with Gasteiger partial charge in [0.25, 0.3) is 0 Å². The first-order valence-electron chi connectivity index (χ1n) is 8.90. The number of nitrogens with zero attached hydrogens (tertiary/aromatic N) is 3. The minimum Gasteiger partial charge on any atom is -0.497 e. The van der Waals surface area contributed by atoms with Gasteiger partial charge in [-0.3, -0.25) is 10.00 Å². The predicted molar refractivity (Wildman–Crippen MR) is 98.0 cm³/mol. The van der Waals surface area contributed by atoms with Crippen LogP contribution in [0.15, 0.2) is 18.2 Å². The number of nitrogens with one attached hydrogen (secondary N) is 2. The van der Waals surface area contributed by atoms with Crippen LogP contribution in [-0.2, 0) is 6.54 Å². The molecule has 1 fully saturated rings. The minimum absolute atomic E-state index is 0.420. The standard InChI is InChI=1S/C19H25N5O/c1-12-16-9-15(25-3)6-7-17(16)21-18(12)11-24-8-4-5-14(10-24)19-20-13(2)22-23-19/h6-7,9,14,21H,4-5,8,10-11H2,1-3H3,(H,20,22,23)/t14-/m0/s1. The number of likely N-dealkylation sites (tertiary alicyclic amines) is 1. The second kappa shape index (κ2) is 6.52. The molecule has 6 heteroatoms. The monoisotopic (exact) mass is 339 g/mol. The highest BCUT2D eigenvalue weighted by Crippen LogP contribution is 2.29. The van der Waals surface area contributed by atoms with Crippen molar-refractivity contribution in [3.05, 3.63) is 41.1 Å². The molecule has 6 nitrogen and oxygen atoms in total. The molecule has 132 valence electrons. The number of H-pyrrole nitrogens is 2. The number of fused-ring (bicyclic) bond motifs is 1. The van der Waals surface area contributed by atoms with Gasteiger partial charge in [0.05, 0.1) is 7.11 Å². The molecule has 3 heterocycles. The Kier molecular flexibility index (Phi) is 4.21. The number of hydrogen-bond donors (Lipinski definition) is 2. The lowest BCUT2D eigenvalue weighted by Crippen LogP contribution is -2.34. The van der Waals surface area contributed by atoms with Gasteiger partial charge in [0.1, 0.15) is 11.6 Å². The number of piperidine rings is 1. The van der Waals surface area contributed by atoms with Crippen LogP contribution in [-0.4, -0.2) is 45.3 Å². The van der Waals surface area contributed by atoms with E-state index in [0.717, 1.165) is 43.5 Å². The molecule has 4 rings (SSSR count). The summed E-state index contributed by atoms with van der Waals surface area (Å²) < 4.78 is 5.36. The average Bonchev–Trinajstić information content (AvgIpc) is 3.19. The number of aryl methyl sites for hydroxylation is 2. The Bertz CT molecular complexity index is 881. The van der Waals surface area contributed by atoms with Crippen LogP contribution in [0.1, 0.15) is 41.7 Å². The first kappa shape index (κ1) is 16.1. The zero-order valence-corrected chi connectivity index (χ0v) is 15.1. The van der Waals surface area contributed by atoms with Gasteiger partial charge in [-0.15, -0.1) is 0 Å². The van der Waals surface area contributed by atoms with Crippen LogP contribution in [0.25, 0.3) is 10.9 Å². The number of aromatic amines is 2. The molecule has 1 aliphatic rings. The fraction of sp³-hybridized carbons (Fsp3) is 0.474. The van der Waals surface area contributed by atoms with Crippen LogP contribution in [0, 0.1) is 13.8 Å². The van der Waals surface area contributed by atoms with Crippen LogP contribution in [0.2, 0.25) is 0 Å². The number of ether oxygens (including phenoxy) is 1. The smallest absolute Gasteiger partial charge is 0.155 e. The van der Waals surface area contributed by atoms with Gasteiger partial charge in [0.2, 0.25) is 0 Å². The molecule has 2 aromatic heterocycles. The molecule has 0 unspecified atom stereocenters. The van der Waals surface area contributed by atoms with Crippen LogP contribution in [0.5, 0.6) is 5.75 Å². The fourth-order valence-electron chi connectivity index (χ4n) is 3.82. The van der Waals surface area contributed by atoms with Crippen molar-refractivity contribution < 1.29 is 4.74 Å². The fourth-order valence-corrected chi connectivity index (χ4v) is 3.82. The largest absolute Gasteiger partial charge is 0.497 e. The molecule has 0 aliphatic carbocycles. The van der Waals surface area contributed by atoms with Crippen molar-refractivity contribution in [1.29, 1.82) is 0 Å². The normalized spacial score (nSPS) is 18.8. The SMILES string of the molecule is COc1ccc2[nH]c(CN3CCC[C@H](c4n[nH]c(C)n4)C3)c(C)c2c1. The molecule has 0 radical (unpaired) electrons. The molecule has 25 heavy (non-hydrogen) atoms. The van der Waals surface area contributed by atoms with E-state index in [-0.39, 0.29) is 0 Å². The zero-order chi connectivity index (χ0) is 17.4. The summed E-state index contributed by atoms with van der Waals surface area (Å²) >= 11 is 0. The molecule has 1 atom stereocenters. The Balaban J connectivity index is 1.53. The first-order valence-corrected chi connectivity index (χ1v) is 8.90. The van der Waals surface area contributed by atoms with Crippen LogP contribution >= 0.6 is 0 Å². The lowest BCUT2D eigenvalue weighted by Gasteiger charge is -2.31. The van der Waals surface area contributed by atoms with Gasteiger partial charge in [-0.05, 0) is 57.0 Å². The van der Waals surface area contributed by atoms with E-state index in [1.165, 1.54) is 28.6 Å². The maximum absolute atomic E-state index is 5.36. The van der Waals surface area contributed by atoms with E-state index in [1.807, 2.05) is 13.0 Å². The number of methoxy groups -OCH3 is 1. The third-order valence-corrected chi connectivity index (χ3v) is 5.24. The summed E-state index contributed by atoms with van der Waals surface area (Å²) in [6.07, 6.45) is 2.35. The first-order chi connectivity index (χ1) is 12.1. The number of rotatable bonds is 4. The summed E-state index contributed by atoms with van der Waals surface area (Å²) in [5.41, 5.74) is 3.77. The van der Waals surface area contributed by atoms with Crippen LogP contribution in [0.3, 0.4) is 0 Å². The zero-order valence-electron chi connectivity index (χ0n) is 15.1. The second-order valence-electron chi connectivity index (χ2n) is 6.99. The molecule has 0 bridgehead atoms. The lowest BCUT2D eigenvalue weighted by atomic mass is 9.97. The van der Waals surface area contributed by atoms with Crippen molar-refractivity contribution in [3.8, 4) is 5.75 Å². The summed E-state index contributed by atoms with van der Waals surface area (Å²) in [5.74, 6) is 3.18. The second-order valence-corrected chi connectivity index (χ2v) is 6.99. The molecule has 1 aromatic carbocycles. The highest BCUT2D eigenvalue weighted by Gasteiger charge is 2.25. The molecule has 1 saturated heterocycles. The highest BCUT2D eigenvalue weighted by molar-refractivity contribution is 5.85. The summed E-state index contributed by atoms with van der Waals surface area (Å²) in [7, 11) is 1.71. The molecule has 2 N–H and O–H groups in total. The van der Waals surface area contributed by atoms with E-state index in [2.05, 4.69) is 44.1 Å². The Labute approximate surface area is 147 Å². The van der Waals surface area contributed by atoms with E-state index in [0.29, 0.717) is 5.92 Å². The summed E-state index contributed by atoms with van der Waals surface area (Å²) in [6, 6.07) is 6.21. The number of aromatic nitrogens is 4. The Morgan fingerprint density at radius 1 is 1.32 bits per heavy atom. The highest BCUT2D eigenvalue weighted by atomic mass is 16.5. The van der Waals surface area contributed by atoms with Gasteiger partial charge in [-0.1, -0.05) is 0 Å². The van der Waals surface area contributed by atoms with Gasteiger partial charge in [-0.25, -0.2) is 4.98 Å². The topological polar surface area (TPSA) is 69.8 Å². The van der Waals surface area contributed by atoms with Crippen molar-refractivity contribution in [2.45, 2.75) is 39.2 Å². The molecule has 3 aromatic rings. The van der Waals surface area contributed by atoms with Gasteiger partial charge in [0.15, 0.2) is 5.82 Å². The van der Waals surface area contributed by atoms with E-state index in [1.54, 1.807) is 7.11 Å². The third-order valence-electron chi connectivity index (χ3n) is 5.24. The van der Waals surface area contributed by atoms with Crippen molar-refractivity contribution >= 4 is 10.9 Å². The van der Waals surface area contributed by atoms with Gasteiger partial charge in [-0.2, -0.15) is 5.10 Å². The van der Waals surface area contributed by atoms with Crippen molar-refractivity contribution in [1.82, 2.24) is 25.1 Å². The Morgan fingerprint density at radius 2 is 2.20 bits per heavy atom. The molecule has 0 saturated carbocycles. The molecule has 0 spiro atoms. The van der Waals surface area contributed by atoms with E-state index < -0.39 is 0 Å². The summed E-state index contributed by atoms with van der Waals surface area (Å²) in [6.45, 7) is 7.21. The summed E-state index contributed by atoms with van der Waals surface area (Å²) in [5, 5.41) is 8.58. The van der Waals surface area contributed by atoms with Crippen LogP contribution in [0.4, 0.5) is 0 Å². The molecular weight excluding hydrogens is 314 g/mol. The quantitative estimate of drug-likeness (QED) is 0.765. The Morgan fingerprint density at radius 3 is 2.96 bits per heavy atom. The van der Waals surface area contributed by atoms with Gasteiger partial charge < -0.3 is 9.72 Å². The maximum atomic E-state index is 5.36. The number of hydrogen-bond acceptors (Lipinski definition) is 4. The van der Waals surface area contributed by atoms with Crippen molar-refractivity contribution in [2.24, 2.45) is 0 Å². The van der Waals surface area contributed by atoms with Crippen molar-refractivity contribution in [2.75, 3.05) is 20.2 Å². The maximum Gasteiger partial charge on any atom is 0.155 e. The van der Waals surface area contributed by atoms with Gasteiger partial charge in [0, 0.05) is 35.6 Å². The third kappa shape index (κ3) is 3.14. The predicted octanol–water partition coefficient (Wildman–Crippen LogP) is 3.29. The van der Waals surface area contributed by atoms with Gasteiger partial charge >= 0.3 is 0 Å². The molecule has 0 amide bonds. The number of benzene rings is 1. The van der Waals surface area contributed by atoms with E-state index in [4.69, 9.17) is 4.74 Å². The average molecular weight is 339 g/mol.